The van der Waals surface area contributed by atoms with Crippen molar-refractivity contribution in [2.24, 2.45) is 7.05 Å². The van der Waals surface area contributed by atoms with Crippen LogP contribution in [0.4, 0.5) is 10.5 Å². The predicted octanol–water partition coefficient (Wildman–Crippen LogP) is 2.09. The number of benzene rings is 1. The molecule has 2 aromatic rings. The van der Waals surface area contributed by atoms with Crippen LogP contribution in [0.15, 0.2) is 30.5 Å². The van der Waals surface area contributed by atoms with Crippen LogP contribution in [-0.2, 0) is 13.6 Å². The SMILES string of the molecule is Cn1nccc1CNC(=O)Nc1ccc(C(=O)O)c(Cl)c1. The van der Waals surface area contributed by atoms with Gasteiger partial charge in [0.15, 0.2) is 0 Å². The molecule has 0 atom stereocenters. The summed E-state index contributed by atoms with van der Waals surface area (Å²) in [6.45, 7) is 0.323. The van der Waals surface area contributed by atoms with Crippen molar-refractivity contribution in [3.63, 3.8) is 0 Å². The lowest BCUT2D eigenvalue weighted by Crippen LogP contribution is -2.29. The second-order valence-electron chi connectivity index (χ2n) is 4.25. The first-order valence-electron chi connectivity index (χ1n) is 6.02. The van der Waals surface area contributed by atoms with E-state index in [1.807, 2.05) is 0 Å². The molecular weight excluding hydrogens is 296 g/mol. The highest BCUT2D eigenvalue weighted by Gasteiger charge is 2.10. The summed E-state index contributed by atoms with van der Waals surface area (Å²) in [7, 11) is 1.78. The topological polar surface area (TPSA) is 96.3 Å². The van der Waals surface area contributed by atoms with Gasteiger partial charge >= 0.3 is 12.0 Å². The largest absolute Gasteiger partial charge is 0.478 e. The molecule has 0 aliphatic carbocycles. The van der Waals surface area contributed by atoms with Crippen molar-refractivity contribution in [3.05, 3.63) is 46.7 Å². The van der Waals surface area contributed by atoms with Crippen LogP contribution in [0.2, 0.25) is 5.02 Å². The van der Waals surface area contributed by atoms with E-state index in [1.54, 1.807) is 24.0 Å². The molecule has 1 aromatic heterocycles. The fourth-order valence-corrected chi connectivity index (χ4v) is 1.95. The molecule has 110 valence electrons. The number of nitrogens with zero attached hydrogens (tertiary/aromatic N) is 2. The number of carbonyl (C=O) groups excluding carboxylic acids is 1. The summed E-state index contributed by atoms with van der Waals surface area (Å²) < 4.78 is 1.65. The summed E-state index contributed by atoms with van der Waals surface area (Å²) >= 11 is 5.82. The van der Waals surface area contributed by atoms with E-state index >= 15 is 0 Å². The third-order valence-corrected chi connectivity index (χ3v) is 3.12. The number of anilines is 1. The number of hydrogen-bond donors (Lipinski definition) is 3. The quantitative estimate of drug-likeness (QED) is 0.805. The van der Waals surface area contributed by atoms with Crippen molar-refractivity contribution in [3.8, 4) is 0 Å². The highest BCUT2D eigenvalue weighted by Crippen LogP contribution is 2.20. The first-order valence-corrected chi connectivity index (χ1v) is 6.39. The third-order valence-electron chi connectivity index (χ3n) is 2.81. The van der Waals surface area contributed by atoms with E-state index in [1.165, 1.54) is 18.2 Å². The van der Waals surface area contributed by atoms with Gasteiger partial charge in [0.25, 0.3) is 0 Å². The van der Waals surface area contributed by atoms with Crippen molar-refractivity contribution in [2.45, 2.75) is 6.54 Å². The van der Waals surface area contributed by atoms with Gasteiger partial charge in [-0.2, -0.15) is 5.10 Å². The maximum atomic E-state index is 11.7. The van der Waals surface area contributed by atoms with Crippen LogP contribution in [0.5, 0.6) is 0 Å². The maximum Gasteiger partial charge on any atom is 0.337 e. The number of aromatic carboxylic acids is 1. The van der Waals surface area contributed by atoms with Crippen molar-refractivity contribution >= 4 is 29.3 Å². The van der Waals surface area contributed by atoms with Gasteiger partial charge < -0.3 is 15.7 Å². The molecule has 0 unspecified atom stereocenters. The van der Waals surface area contributed by atoms with Crippen LogP contribution in [0.25, 0.3) is 0 Å². The van der Waals surface area contributed by atoms with Gasteiger partial charge in [0.05, 0.1) is 22.8 Å². The Balaban J connectivity index is 1.95. The average molecular weight is 309 g/mol. The monoisotopic (exact) mass is 308 g/mol. The normalized spacial score (nSPS) is 10.2. The zero-order valence-corrected chi connectivity index (χ0v) is 11.9. The zero-order valence-electron chi connectivity index (χ0n) is 11.1. The van der Waals surface area contributed by atoms with E-state index < -0.39 is 12.0 Å². The lowest BCUT2D eigenvalue weighted by Gasteiger charge is -2.09. The van der Waals surface area contributed by atoms with Gasteiger partial charge in [-0.15, -0.1) is 0 Å². The van der Waals surface area contributed by atoms with E-state index in [-0.39, 0.29) is 10.6 Å². The average Bonchev–Trinajstić information content (AvgIpc) is 2.81. The van der Waals surface area contributed by atoms with Crippen molar-refractivity contribution < 1.29 is 14.7 Å². The minimum absolute atomic E-state index is 0.0162. The van der Waals surface area contributed by atoms with Crippen LogP contribution >= 0.6 is 11.6 Å². The standard InChI is InChI=1S/C13H13ClN4O3/c1-18-9(4-5-16-18)7-15-13(21)17-8-2-3-10(12(19)20)11(14)6-8/h2-6H,7H2,1H3,(H,19,20)(H2,15,17,21). The molecule has 21 heavy (non-hydrogen) atoms. The fourth-order valence-electron chi connectivity index (χ4n) is 1.69. The number of hydrogen-bond acceptors (Lipinski definition) is 3. The van der Waals surface area contributed by atoms with E-state index in [0.29, 0.717) is 12.2 Å². The van der Waals surface area contributed by atoms with Gasteiger partial charge in [-0.25, -0.2) is 9.59 Å². The number of aryl methyl sites for hydroxylation is 1. The molecule has 0 spiro atoms. The summed E-state index contributed by atoms with van der Waals surface area (Å²) in [6.07, 6.45) is 1.64. The Morgan fingerprint density at radius 3 is 2.71 bits per heavy atom. The number of nitrogens with one attached hydrogen (secondary N) is 2. The molecular formula is C13H13ClN4O3. The molecule has 3 N–H and O–H groups in total. The summed E-state index contributed by atoms with van der Waals surface area (Å²) in [5, 5.41) is 18.1. The Kier molecular flexibility index (Phi) is 4.44. The lowest BCUT2D eigenvalue weighted by molar-refractivity contribution is 0.0697. The number of aromatic nitrogens is 2. The number of urea groups is 1. The summed E-state index contributed by atoms with van der Waals surface area (Å²) in [6, 6.07) is 5.56. The highest BCUT2D eigenvalue weighted by molar-refractivity contribution is 6.33. The number of amides is 2. The smallest absolute Gasteiger partial charge is 0.337 e. The van der Waals surface area contributed by atoms with Crippen molar-refractivity contribution in [1.82, 2.24) is 15.1 Å². The molecule has 0 bridgehead atoms. The number of halogens is 1. The van der Waals surface area contributed by atoms with Crippen molar-refractivity contribution in [1.29, 1.82) is 0 Å². The van der Waals surface area contributed by atoms with E-state index in [0.717, 1.165) is 5.69 Å². The van der Waals surface area contributed by atoms with Gasteiger partial charge in [0, 0.05) is 18.9 Å². The van der Waals surface area contributed by atoms with E-state index in [2.05, 4.69) is 15.7 Å². The number of carboxylic acids is 1. The molecule has 1 aromatic carbocycles. The molecule has 0 saturated carbocycles. The first-order chi connectivity index (χ1) is 9.97. The Bertz CT molecular complexity index is 684. The van der Waals surface area contributed by atoms with Crippen molar-refractivity contribution in [2.75, 3.05) is 5.32 Å². The minimum atomic E-state index is -1.12. The highest BCUT2D eigenvalue weighted by atomic mass is 35.5. The second-order valence-corrected chi connectivity index (χ2v) is 4.66. The second kappa shape index (κ2) is 6.27. The van der Waals surface area contributed by atoms with E-state index in [4.69, 9.17) is 16.7 Å². The van der Waals surface area contributed by atoms with Gasteiger partial charge in [-0.3, -0.25) is 4.68 Å². The molecule has 0 fully saturated rings. The Labute approximate surface area is 125 Å². The molecule has 7 nitrogen and oxygen atoms in total. The molecule has 0 radical (unpaired) electrons. The minimum Gasteiger partial charge on any atom is -0.478 e. The first kappa shape index (κ1) is 14.9. The van der Waals surface area contributed by atoms with Crippen LogP contribution in [0.1, 0.15) is 16.1 Å². The molecule has 8 heteroatoms. The van der Waals surface area contributed by atoms with Crippen LogP contribution in [0.3, 0.4) is 0 Å². The van der Waals surface area contributed by atoms with Gasteiger partial charge in [-0.05, 0) is 24.3 Å². The third kappa shape index (κ3) is 3.73. The molecule has 2 amide bonds. The zero-order chi connectivity index (χ0) is 15.4. The summed E-state index contributed by atoms with van der Waals surface area (Å²) in [5.41, 5.74) is 1.24. The summed E-state index contributed by atoms with van der Waals surface area (Å²) in [4.78, 5) is 22.6. The number of carboxylic acid groups (broad SMARTS) is 1. The maximum absolute atomic E-state index is 11.7. The Hall–Kier alpha value is -2.54. The van der Waals surface area contributed by atoms with E-state index in [9.17, 15) is 9.59 Å². The Morgan fingerprint density at radius 2 is 2.14 bits per heavy atom. The van der Waals surface area contributed by atoms with Gasteiger partial charge in [0.1, 0.15) is 0 Å². The van der Waals surface area contributed by atoms with Crippen LogP contribution in [-0.4, -0.2) is 26.9 Å². The lowest BCUT2D eigenvalue weighted by atomic mass is 10.2. The molecule has 0 saturated heterocycles. The molecule has 1 heterocycles. The number of carbonyl (C=O) groups is 2. The van der Waals surface area contributed by atoms with Crippen LogP contribution < -0.4 is 10.6 Å². The molecule has 2 rings (SSSR count). The summed E-state index contributed by atoms with van der Waals surface area (Å²) in [5.74, 6) is -1.12. The Morgan fingerprint density at radius 1 is 1.38 bits per heavy atom. The molecule has 0 aliphatic rings. The predicted molar refractivity (Wildman–Crippen MR) is 77.5 cm³/mol. The molecule has 0 aliphatic heterocycles. The van der Waals surface area contributed by atoms with Gasteiger partial charge in [0.2, 0.25) is 0 Å². The van der Waals surface area contributed by atoms with Gasteiger partial charge in [-0.1, -0.05) is 11.6 Å². The van der Waals surface area contributed by atoms with Crippen LogP contribution in [0, 0.1) is 0 Å². The number of rotatable bonds is 4. The fraction of sp³-hybridized carbons (Fsp3) is 0.154.